The number of hydrogen-bond donors (Lipinski definition) is 1. The average Bonchev–Trinajstić information content (AvgIpc) is 2.87. The lowest BCUT2D eigenvalue weighted by molar-refractivity contribution is 0.0608. The molecule has 1 aliphatic rings. The molecule has 0 aliphatic carbocycles. The molecule has 21 heavy (non-hydrogen) atoms. The normalized spacial score (nSPS) is 20.2. The van der Waals surface area contributed by atoms with E-state index in [0.29, 0.717) is 6.54 Å². The monoisotopic (exact) mass is 290 g/mol. The highest BCUT2D eigenvalue weighted by Gasteiger charge is 2.32. The van der Waals surface area contributed by atoms with Crippen LogP contribution in [0.25, 0.3) is 0 Å². The fraction of sp³-hybridized carbons (Fsp3) is 0.667. The van der Waals surface area contributed by atoms with Gasteiger partial charge in [-0.25, -0.2) is 0 Å². The van der Waals surface area contributed by atoms with Crippen molar-refractivity contribution in [3.05, 3.63) is 29.3 Å². The van der Waals surface area contributed by atoms with Crippen LogP contribution in [-0.2, 0) is 6.42 Å². The summed E-state index contributed by atoms with van der Waals surface area (Å²) in [7, 11) is 0. The molecule has 3 nitrogen and oxygen atoms in total. The fourth-order valence-electron chi connectivity index (χ4n) is 3.15. The second kappa shape index (κ2) is 6.80. The Kier molecular flexibility index (Phi) is 5.28. The summed E-state index contributed by atoms with van der Waals surface area (Å²) in [6.07, 6.45) is 3.49. The van der Waals surface area contributed by atoms with Gasteiger partial charge in [-0.05, 0) is 44.9 Å². The topological polar surface area (TPSA) is 38.5 Å². The van der Waals surface area contributed by atoms with Crippen molar-refractivity contribution in [1.82, 2.24) is 4.90 Å². The van der Waals surface area contributed by atoms with Gasteiger partial charge in [0.15, 0.2) is 0 Å². The molecule has 1 heterocycles. The van der Waals surface area contributed by atoms with Crippen LogP contribution in [0, 0.1) is 6.92 Å². The molecule has 0 bridgehead atoms. The largest absolute Gasteiger partial charge is 0.488 e. The first-order chi connectivity index (χ1) is 10.0. The van der Waals surface area contributed by atoms with E-state index in [-0.39, 0.29) is 11.6 Å². The van der Waals surface area contributed by atoms with E-state index in [1.54, 1.807) is 0 Å². The molecule has 118 valence electrons. The minimum Gasteiger partial charge on any atom is -0.488 e. The van der Waals surface area contributed by atoms with Crippen LogP contribution in [0.15, 0.2) is 18.2 Å². The van der Waals surface area contributed by atoms with Crippen molar-refractivity contribution in [3.63, 3.8) is 0 Å². The molecule has 2 atom stereocenters. The third-order valence-electron chi connectivity index (χ3n) is 4.84. The standard InChI is InChI=1S/C18H30N2O/c1-5-9-20(18(4,6-2)13-19)12-16-11-15-10-14(3)7-8-17(15)21-16/h7-8,10,16H,5-6,9,11-13,19H2,1-4H3. The highest BCUT2D eigenvalue weighted by Crippen LogP contribution is 2.31. The molecule has 1 aromatic rings. The number of benzene rings is 1. The fourth-order valence-corrected chi connectivity index (χ4v) is 3.15. The molecule has 2 rings (SSSR count). The first-order valence-electron chi connectivity index (χ1n) is 8.23. The average molecular weight is 290 g/mol. The van der Waals surface area contributed by atoms with Gasteiger partial charge in [0.1, 0.15) is 11.9 Å². The van der Waals surface area contributed by atoms with Gasteiger partial charge in [0.05, 0.1) is 0 Å². The zero-order valence-electron chi connectivity index (χ0n) is 14.0. The van der Waals surface area contributed by atoms with Crippen LogP contribution in [-0.4, -0.2) is 36.2 Å². The third kappa shape index (κ3) is 3.58. The van der Waals surface area contributed by atoms with Gasteiger partial charge in [-0.15, -0.1) is 0 Å². The molecule has 0 spiro atoms. The number of hydrogen-bond acceptors (Lipinski definition) is 3. The maximum absolute atomic E-state index is 6.14. The van der Waals surface area contributed by atoms with Crippen molar-refractivity contribution in [2.45, 2.75) is 58.6 Å². The first-order valence-corrected chi connectivity index (χ1v) is 8.23. The van der Waals surface area contributed by atoms with Gasteiger partial charge in [-0.1, -0.05) is 31.5 Å². The lowest BCUT2D eigenvalue weighted by Gasteiger charge is -2.41. The van der Waals surface area contributed by atoms with Crippen LogP contribution in [0.1, 0.15) is 44.7 Å². The highest BCUT2D eigenvalue weighted by atomic mass is 16.5. The number of fused-ring (bicyclic) bond motifs is 1. The second-order valence-corrected chi connectivity index (χ2v) is 6.56. The van der Waals surface area contributed by atoms with Gasteiger partial charge < -0.3 is 10.5 Å². The van der Waals surface area contributed by atoms with Crippen LogP contribution in [0.3, 0.4) is 0 Å². The maximum atomic E-state index is 6.14. The predicted molar refractivity (Wildman–Crippen MR) is 88.9 cm³/mol. The summed E-state index contributed by atoms with van der Waals surface area (Å²) in [5, 5.41) is 0. The minimum absolute atomic E-state index is 0.0735. The lowest BCUT2D eigenvalue weighted by atomic mass is 9.95. The van der Waals surface area contributed by atoms with Gasteiger partial charge in [0.2, 0.25) is 0 Å². The Labute approximate surface area is 129 Å². The van der Waals surface area contributed by atoms with E-state index >= 15 is 0 Å². The number of rotatable bonds is 7. The maximum Gasteiger partial charge on any atom is 0.123 e. The van der Waals surface area contributed by atoms with Gasteiger partial charge >= 0.3 is 0 Å². The molecule has 1 aliphatic heterocycles. The predicted octanol–water partition coefficient (Wildman–Crippen LogP) is 3.14. The molecule has 3 heteroatoms. The Bertz CT molecular complexity index is 468. The summed E-state index contributed by atoms with van der Waals surface area (Å²) < 4.78 is 6.14. The molecule has 0 amide bonds. The van der Waals surface area contributed by atoms with E-state index in [4.69, 9.17) is 10.5 Å². The molecule has 2 unspecified atom stereocenters. The summed E-state index contributed by atoms with van der Waals surface area (Å²) in [5.41, 5.74) is 8.78. The Hall–Kier alpha value is -1.06. The third-order valence-corrected chi connectivity index (χ3v) is 4.84. The highest BCUT2D eigenvalue weighted by molar-refractivity contribution is 5.40. The number of aryl methyl sites for hydroxylation is 1. The zero-order chi connectivity index (χ0) is 15.5. The molecule has 0 fully saturated rings. The van der Waals surface area contributed by atoms with Crippen LogP contribution in [0.2, 0.25) is 0 Å². The van der Waals surface area contributed by atoms with Crippen molar-refractivity contribution in [3.8, 4) is 5.75 Å². The summed E-state index contributed by atoms with van der Waals surface area (Å²) in [5.74, 6) is 1.06. The van der Waals surface area contributed by atoms with Crippen molar-refractivity contribution in [2.75, 3.05) is 19.6 Å². The van der Waals surface area contributed by atoms with E-state index in [0.717, 1.165) is 38.1 Å². The number of nitrogens with zero attached hydrogens (tertiary/aromatic N) is 1. The first kappa shape index (κ1) is 16.3. The molecular weight excluding hydrogens is 260 g/mol. The van der Waals surface area contributed by atoms with Crippen molar-refractivity contribution < 1.29 is 4.74 Å². The SMILES string of the molecule is CCCN(CC1Cc2cc(C)ccc2O1)C(C)(CC)CN. The van der Waals surface area contributed by atoms with E-state index < -0.39 is 0 Å². The van der Waals surface area contributed by atoms with Gasteiger partial charge in [0, 0.05) is 25.0 Å². The minimum atomic E-state index is 0.0735. The summed E-state index contributed by atoms with van der Waals surface area (Å²) in [6.45, 7) is 11.6. The molecule has 0 aromatic heterocycles. The Morgan fingerprint density at radius 1 is 1.38 bits per heavy atom. The van der Waals surface area contributed by atoms with E-state index in [1.807, 2.05) is 0 Å². The van der Waals surface area contributed by atoms with E-state index in [9.17, 15) is 0 Å². The zero-order valence-corrected chi connectivity index (χ0v) is 14.0. The molecule has 0 saturated heterocycles. The van der Waals surface area contributed by atoms with E-state index in [2.05, 4.69) is 50.8 Å². The quantitative estimate of drug-likeness (QED) is 0.838. The van der Waals surface area contributed by atoms with Crippen LogP contribution in [0.4, 0.5) is 0 Å². The number of ether oxygens (including phenoxy) is 1. The van der Waals surface area contributed by atoms with Crippen molar-refractivity contribution in [1.29, 1.82) is 0 Å². The summed E-state index contributed by atoms with van der Waals surface area (Å²) in [6, 6.07) is 6.49. The molecule has 1 aromatic carbocycles. The Morgan fingerprint density at radius 2 is 2.14 bits per heavy atom. The lowest BCUT2D eigenvalue weighted by Crippen LogP contribution is -2.54. The smallest absolute Gasteiger partial charge is 0.123 e. The van der Waals surface area contributed by atoms with E-state index in [1.165, 1.54) is 11.1 Å². The molecule has 0 radical (unpaired) electrons. The van der Waals surface area contributed by atoms with Crippen LogP contribution >= 0.6 is 0 Å². The van der Waals surface area contributed by atoms with Gasteiger partial charge in [0.25, 0.3) is 0 Å². The Balaban J connectivity index is 2.06. The van der Waals surface area contributed by atoms with Gasteiger partial charge in [-0.2, -0.15) is 0 Å². The van der Waals surface area contributed by atoms with Crippen LogP contribution in [0.5, 0.6) is 5.75 Å². The van der Waals surface area contributed by atoms with Crippen molar-refractivity contribution in [2.24, 2.45) is 5.73 Å². The Morgan fingerprint density at radius 3 is 2.76 bits per heavy atom. The summed E-state index contributed by atoms with van der Waals surface area (Å²) in [4.78, 5) is 2.52. The van der Waals surface area contributed by atoms with Gasteiger partial charge in [-0.3, -0.25) is 4.90 Å². The number of nitrogens with two attached hydrogens (primary N) is 1. The van der Waals surface area contributed by atoms with Crippen LogP contribution < -0.4 is 10.5 Å². The summed E-state index contributed by atoms with van der Waals surface area (Å²) >= 11 is 0. The second-order valence-electron chi connectivity index (χ2n) is 6.56. The molecule has 2 N–H and O–H groups in total. The molecular formula is C18H30N2O. The van der Waals surface area contributed by atoms with Crippen molar-refractivity contribution >= 4 is 0 Å². The molecule has 0 saturated carbocycles.